The molecule has 2 heterocycles. The van der Waals surface area contributed by atoms with Gasteiger partial charge in [0.15, 0.2) is 10.4 Å². The molecule has 1 N–H and O–H groups in total. The lowest BCUT2D eigenvalue weighted by molar-refractivity contribution is -0.159. The van der Waals surface area contributed by atoms with Crippen molar-refractivity contribution in [1.82, 2.24) is 10.2 Å². The van der Waals surface area contributed by atoms with Gasteiger partial charge in [-0.2, -0.15) is 12.6 Å². The van der Waals surface area contributed by atoms with Crippen molar-refractivity contribution >= 4 is 47.9 Å². The molecule has 7 nitrogen and oxygen atoms in total. The summed E-state index contributed by atoms with van der Waals surface area (Å²) in [6, 6.07) is 6.19. The summed E-state index contributed by atoms with van der Waals surface area (Å²) in [5.74, 6) is -3.04. The first kappa shape index (κ1) is 18.7. The van der Waals surface area contributed by atoms with Gasteiger partial charge in [-0.05, 0) is 26.0 Å². The number of ether oxygens (including phenoxy) is 1. The first-order valence-corrected chi connectivity index (χ1v) is 8.62. The van der Waals surface area contributed by atoms with Crippen molar-refractivity contribution in [3.63, 3.8) is 0 Å². The second kappa shape index (κ2) is 5.72. The van der Waals surface area contributed by atoms with Crippen LogP contribution in [-0.2, 0) is 14.3 Å². The van der Waals surface area contributed by atoms with Crippen LogP contribution in [0.3, 0.4) is 0 Å². The Hall–Kier alpha value is -2.06. The maximum atomic E-state index is 13.0. The van der Waals surface area contributed by atoms with Crippen LogP contribution in [-0.4, -0.2) is 57.4 Å². The number of halogens is 1. The number of benzene rings is 1. The third-order valence-corrected chi connectivity index (χ3v) is 6.34. The average molecular weight is 397 g/mol. The smallest absolute Gasteiger partial charge is 0.331 e. The highest BCUT2D eigenvalue weighted by Gasteiger charge is 2.76. The van der Waals surface area contributed by atoms with Gasteiger partial charge in [0.1, 0.15) is 0 Å². The van der Waals surface area contributed by atoms with Gasteiger partial charge < -0.3 is 10.1 Å². The Bertz CT molecular complexity index is 817. The first-order valence-electron chi connectivity index (χ1n) is 7.80. The number of imide groups is 1. The molecule has 26 heavy (non-hydrogen) atoms. The lowest BCUT2D eigenvalue weighted by atomic mass is 9.69. The maximum absolute atomic E-state index is 13.0. The molecule has 0 aliphatic carbocycles. The molecule has 2 aliphatic rings. The van der Waals surface area contributed by atoms with E-state index in [9.17, 15) is 19.2 Å². The van der Waals surface area contributed by atoms with Crippen LogP contribution in [0, 0.1) is 0 Å². The standard InChI is InChI=1S/C17H17ClN2O5S/c1-15(2,26)17(18,14(24)25-3)16(8-19-13(16)23)20-11(21)9-6-4-5-7-10(9)12(20)22/h4-7,26H,8H2,1-3H3,(H,19,23). The van der Waals surface area contributed by atoms with E-state index in [1.807, 2.05) is 0 Å². The number of esters is 1. The summed E-state index contributed by atoms with van der Waals surface area (Å²) in [5, 5.41) is 2.49. The molecule has 0 spiro atoms. The fourth-order valence-corrected chi connectivity index (χ4v) is 4.13. The summed E-state index contributed by atoms with van der Waals surface area (Å²) >= 11 is 11.1. The molecule has 9 heteroatoms. The van der Waals surface area contributed by atoms with Gasteiger partial charge in [-0.1, -0.05) is 12.1 Å². The summed E-state index contributed by atoms with van der Waals surface area (Å²) in [6.45, 7) is 2.86. The molecule has 2 aliphatic heterocycles. The van der Waals surface area contributed by atoms with E-state index in [0.29, 0.717) is 0 Å². The number of fused-ring (bicyclic) bond motifs is 1. The van der Waals surface area contributed by atoms with Crippen molar-refractivity contribution in [2.75, 3.05) is 13.7 Å². The molecule has 0 bridgehead atoms. The van der Waals surface area contributed by atoms with E-state index < -0.39 is 38.9 Å². The molecule has 3 amide bonds. The van der Waals surface area contributed by atoms with E-state index in [4.69, 9.17) is 16.3 Å². The van der Waals surface area contributed by atoms with Crippen LogP contribution in [0.5, 0.6) is 0 Å². The highest BCUT2D eigenvalue weighted by molar-refractivity contribution is 7.82. The van der Waals surface area contributed by atoms with Crippen LogP contribution in [0.15, 0.2) is 24.3 Å². The van der Waals surface area contributed by atoms with Crippen molar-refractivity contribution in [2.45, 2.75) is 29.0 Å². The van der Waals surface area contributed by atoms with E-state index in [1.165, 1.54) is 26.0 Å². The number of nitrogens with one attached hydrogen (secondary N) is 1. The van der Waals surface area contributed by atoms with Crippen molar-refractivity contribution < 1.29 is 23.9 Å². The molecule has 1 saturated heterocycles. The molecule has 1 aromatic carbocycles. The monoisotopic (exact) mass is 396 g/mol. The number of alkyl halides is 1. The van der Waals surface area contributed by atoms with E-state index in [2.05, 4.69) is 17.9 Å². The minimum Gasteiger partial charge on any atom is -0.468 e. The first-order chi connectivity index (χ1) is 12.0. The molecule has 138 valence electrons. The highest BCUT2D eigenvalue weighted by atomic mass is 35.5. The Morgan fingerprint density at radius 3 is 2.04 bits per heavy atom. The van der Waals surface area contributed by atoms with Gasteiger partial charge in [0.2, 0.25) is 0 Å². The summed E-state index contributed by atoms with van der Waals surface area (Å²) < 4.78 is 3.52. The fraction of sp³-hybridized carbons (Fsp3) is 0.412. The quantitative estimate of drug-likeness (QED) is 0.260. The number of carbonyl (C=O) groups is 4. The van der Waals surface area contributed by atoms with E-state index in [0.717, 1.165) is 12.0 Å². The van der Waals surface area contributed by atoms with Crippen LogP contribution < -0.4 is 5.32 Å². The minimum atomic E-state index is -2.10. The molecule has 1 aromatic rings. The van der Waals surface area contributed by atoms with E-state index >= 15 is 0 Å². The zero-order chi connectivity index (χ0) is 19.5. The summed E-state index contributed by atoms with van der Waals surface area (Å²) in [7, 11) is 1.12. The van der Waals surface area contributed by atoms with Gasteiger partial charge in [-0.15, -0.1) is 11.6 Å². The predicted molar refractivity (Wildman–Crippen MR) is 96.3 cm³/mol. The van der Waals surface area contributed by atoms with Crippen LogP contribution in [0.4, 0.5) is 0 Å². The SMILES string of the molecule is COC(=O)C(Cl)(C(C)(C)S)C1(N2C(=O)c3ccccc3C2=O)CNC1=O. The number of methoxy groups -OCH3 is 1. The Kier molecular flexibility index (Phi) is 4.12. The second-order valence-corrected chi connectivity index (χ2v) is 8.43. The summed E-state index contributed by atoms with van der Waals surface area (Å²) in [4.78, 5) is 50.0. The number of hydrogen-bond acceptors (Lipinski definition) is 6. The van der Waals surface area contributed by atoms with Gasteiger partial charge in [-0.25, -0.2) is 4.79 Å². The number of hydrogen-bond donors (Lipinski definition) is 2. The zero-order valence-electron chi connectivity index (χ0n) is 14.3. The van der Waals surface area contributed by atoms with Crippen molar-refractivity contribution in [3.8, 4) is 0 Å². The lowest BCUT2D eigenvalue weighted by Crippen LogP contribution is -2.86. The lowest BCUT2D eigenvalue weighted by Gasteiger charge is -2.56. The molecule has 2 atom stereocenters. The number of amides is 3. The molecule has 2 unspecified atom stereocenters. The van der Waals surface area contributed by atoms with Gasteiger partial charge in [-0.3, -0.25) is 19.3 Å². The maximum Gasteiger partial charge on any atom is 0.331 e. The molecule has 3 rings (SSSR count). The van der Waals surface area contributed by atoms with Crippen LogP contribution in [0.25, 0.3) is 0 Å². The van der Waals surface area contributed by atoms with E-state index in [-0.39, 0.29) is 17.7 Å². The second-order valence-electron chi connectivity index (χ2n) is 6.74. The minimum absolute atomic E-state index is 0.150. The zero-order valence-corrected chi connectivity index (χ0v) is 16.0. The number of nitrogens with zero attached hydrogens (tertiary/aromatic N) is 1. The largest absolute Gasteiger partial charge is 0.468 e. The Balaban J connectivity index is 2.25. The van der Waals surface area contributed by atoms with Crippen LogP contribution in [0.2, 0.25) is 0 Å². The molecule has 1 fully saturated rings. The Morgan fingerprint density at radius 1 is 1.23 bits per heavy atom. The number of carbonyl (C=O) groups excluding carboxylic acids is 4. The van der Waals surface area contributed by atoms with Crippen LogP contribution >= 0.6 is 24.2 Å². The van der Waals surface area contributed by atoms with Crippen molar-refractivity contribution in [1.29, 1.82) is 0 Å². The predicted octanol–water partition coefficient (Wildman–Crippen LogP) is 1.01. The number of thiol groups is 1. The molecular formula is C17H17ClN2O5S. The van der Waals surface area contributed by atoms with Crippen molar-refractivity contribution in [2.24, 2.45) is 0 Å². The Labute approximate surface area is 160 Å². The molecule has 0 radical (unpaired) electrons. The van der Waals surface area contributed by atoms with Gasteiger partial charge in [0.25, 0.3) is 17.7 Å². The van der Waals surface area contributed by atoms with Gasteiger partial charge in [0, 0.05) is 4.75 Å². The van der Waals surface area contributed by atoms with Crippen LogP contribution in [0.1, 0.15) is 34.6 Å². The number of rotatable bonds is 4. The molecule has 0 saturated carbocycles. The summed E-state index contributed by atoms with van der Waals surface area (Å²) in [6.07, 6.45) is 0. The highest BCUT2D eigenvalue weighted by Crippen LogP contribution is 2.51. The molecular weight excluding hydrogens is 380 g/mol. The van der Waals surface area contributed by atoms with Crippen molar-refractivity contribution in [3.05, 3.63) is 35.4 Å². The van der Waals surface area contributed by atoms with E-state index in [1.54, 1.807) is 12.1 Å². The Morgan fingerprint density at radius 2 is 1.73 bits per heavy atom. The summed E-state index contributed by atoms with van der Waals surface area (Å²) in [5.41, 5.74) is -1.66. The topological polar surface area (TPSA) is 92.8 Å². The van der Waals surface area contributed by atoms with Gasteiger partial charge in [0.05, 0.1) is 24.8 Å². The average Bonchev–Trinajstić information content (AvgIpc) is 2.84. The fourth-order valence-electron chi connectivity index (χ4n) is 3.54. The van der Waals surface area contributed by atoms with Gasteiger partial charge >= 0.3 is 5.97 Å². The number of β-lactam (4-membered cyclic amide) rings is 1. The normalized spacial score (nSPS) is 24.5. The third-order valence-electron chi connectivity index (χ3n) is 4.94. The molecule has 0 aromatic heterocycles. The third kappa shape index (κ3) is 2.02.